The van der Waals surface area contributed by atoms with Crippen LogP contribution in [0.3, 0.4) is 0 Å². The summed E-state index contributed by atoms with van der Waals surface area (Å²) in [6, 6.07) is 3.59. The van der Waals surface area contributed by atoms with Gasteiger partial charge in [-0.1, -0.05) is 0 Å². The second-order valence-electron chi connectivity index (χ2n) is 6.84. The van der Waals surface area contributed by atoms with Crippen molar-refractivity contribution >= 4 is 15.9 Å². The van der Waals surface area contributed by atoms with Crippen LogP contribution < -0.4 is 5.32 Å². The van der Waals surface area contributed by atoms with Gasteiger partial charge in [0.15, 0.2) is 0 Å². The molecule has 3 heterocycles. The molecular formula is C16H25N3O4S. The fraction of sp³-hybridized carbons (Fsp3) is 0.688. The fourth-order valence-electron chi connectivity index (χ4n) is 4.10. The molecule has 0 bridgehead atoms. The number of furan rings is 1. The van der Waals surface area contributed by atoms with Crippen LogP contribution in [-0.4, -0.2) is 62.5 Å². The van der Waals surface area contributed by atoms with E-state index in [9.17, 15) is 13.2 Å². The predicted octanol–water partition coefficient (Wildman–Crippen LogP) is 0.560. The lowest BCUT2D eigenvalue weighted by atomic mass is 9.72. The first kappa shape index (κ1) is 17.4. The first-order chi connectivity index (χ1) is 11.3. The van der Waals surface area contributed by atoms with Gasteiger partial charge < -0.3 is 9.73 Å². The Morgan fingerprint density at radius 2 is 2.21 bits per heavy atom. The molecule has 24 heavy (non-hydrogen) atoms. The molecule has 1 aromatic rings. The summed E-state index contributed by atoms with van der Waals surface area (Å²) in [6.07, 6.45) is 1.00. The van der Waals surface area contributed by atoms with Crippen molar-refractivity contribution in [1.82, 2.24) is 14.5 Å². The van der Waals surface area contributed by atoms with Gasteiger partial charge in [-0.15, -0.1) is 0 Å². The molecule has 8 heteroatoms. The van der Waals surface area contributed by atoms with Gasteiger partial charge in [0, 0.05) is 33.2 Å². The molecule has 2 fully saturated rings. The lowest BCUT2D eigenvalue weighted by Gasteiger charge is -2.52. The minimum Gasteiger partial charge on any atom is -0.465 e. The minimum atomic E-state index is -3.27. The van der Waals surface area contributed by atoms with Crippen LogP contribution in [0.1, 0.15) is 24.4 Å². The lowest BCUT2D eigenvalue weighted by Crippen LogP contribution is -2.66. The van der Waals surface area contributed by atoms with Gasteiger partial charge in [0.2, 0.25) is 15.9 Å². The third-order valence-electron chi connectivity index (χ3n) is 5.40. The van der Waals surface area contributed by atoms with E-state index in [1.165, 1.54) is 4.31 Å². The molecule has 0 radical (unpaired) electrons. The zero-order valence-corrected chi connectivity index (χ0v) is 15.2. The number of nitrogens with one attached hydrogen (secondary N) is 1. The summed E-state index contributed by atoms with van der Waals surface area (Å²) in [4.78, 5) is 14.9. The molecule has 2 saturated heterocycles. The molecule has 1 aromatic heterocycles. The van der Waals surface area contributed by atoms with Crippen LogP contribution in [0.5, 0.6) is 0 Å². The second kappa shape index (κ2) is 6.16. The van der Waals surface area contributed by atoms with E-state index >= 15 is 0 Å². The van der Waals surface area contributed by atoms with Crippen LogP contribution in [0, 0.1) is 12.3 Å². The van der Waals surface area contributed by atoms with Crippen LogP contribution >= 0.6 is 0 Å². The normalized spacial score (nSPS) is 30.7. The number of fused-ring (bicyclic) bond motifs is 1. The van der Waals surface area contributed by atoms with Crippen molar-refractivity contribution in [2.45, 2.75) is 32.4 Å². The maximum atomic E-state index is 12.7. The molecule has 2 aliphatic rings. The summed E-state index contributed by atoms with van der Waals surface area (Å²) in [7, 11) is -0.0517. The van der Waals surface area contributed by atoms with E-state index in [0.717, 1.165) is 18.1 Å². The molecule has 3 rings (SSSR count). The average molecular weight is 355 g/mol. The van der Waals surface area contributed by atoms with Crippen molar-refractivity contribution in [1.29, 1.82) is 0 Å². The van der Waals surface area contributed by atoms with Crippen molar-refractivity contribution in [3.05, 3.63) is 23.7 Å². The molecule has 134 valence electrons. The maximum Gasteiger partial charge on any atom is 0.228 e. The molecule has 0 unspecified atom stereocenters. The Morgan fingerprint density at radius 1 is 1.46 bits per heavy atom. The maximum absolute atomic E-state index is 12.7. The Balaban J connectivity index is 1.86. The molecule has 1 amide bonds. The summed E-state index contributed by atoms with van der Waals surface area (Å²) in [5.74, 6) is 1.68. The predicted molar refractivity (Wildman–Crippen MR) is 89.8 cm³/mol. The van der Waals surface area contributed by atoms with Crippen molar-refractivity contribution in [2.24, 2.45) is 5.41 Å². The molecule has 0 aromatic carbocycles. The van der Waals surface area contributed by atoms with Crippen molar-refractivity contribution < 1.29 is 17.6 Å². The summed E-state index contributed by atoms with van der Waals surface area (Å²) >= 11 is 0. The molecule has 2 aliphatic heterocycles. The molecular weight excluding hydrogens is 330 g/mol. The van der Waals surface area contributed by atoms with E-state index in [0.29, 0.717) is 25.9 Å². The summed E-state index contributed by atoms with van der Waals surface area (Å²) in [5, 5.41) is 2.75. The van der Waals surface area contributed by atoms with Gasteiger partial charge in [-0.05, 0) is 31.9 Å². The van der Waals surface area contributed by atoms with Gasteiger partial charge in [-0.2, -0.15) is 0 Å². The smallest absolute Gasteiger partial charge is 0.228 e. The Labute approximate surface area is 143 Å². The number of nitrogens with zero attached hydrogens (tertiary/aromatic N) is 2. The summed E-state index contributed by atoms with van der Waals surface area (Å²) < 4.78 is 31.5. The highest BCUT2D eigenvalue weighted by molar-refractivity contribution is 7.89. The van der Waals surface area contributed by atoms with Gasteiger partial charge >= 0.3 is 0 Å². The van der Waals surface area contributed by atoms with E-state index in [-0.39, 0.29) is 17.7 Å². The summed E-state index contributed by atoms with van der Waals surface area (Å²) in [6.45, 7) is 3.82. The topological polar surface area (TPSA) is 82.9 Å². The third-order valence-corrected chi connectivity index (χ3v) is 7.25. The molecule has 1 N–H and O–H groups in total. The van der Waals surface area contributed by atoms with Crippen LogP contribution in [0.2, 0.25) is 0 Å². The minimum absolute atomic E-state index is 0.0150. The van der Waals surface area contributed by atoms with Gasteiger partial charge in [0.1, 0.15) is 11.5 Å². The van der Waals surface area contributed by atoms with E-state index in [1.807, 2.05) is 19.1 Å². The van der Waals surface area contributed by atoms with Crippen LogP contribution in [0.25, 0.3) is 0 Å². The van der Waals surface area contributed by atoms with Gasteiger partial charge in [0.25, 0.3) is 0 Å². The number of hydrogen-bond donors (Lipinski definition) is 1. The monoisotopic (exact) mass is 355 g/mol. The van der Waals surface area contributed by atoms with E-state index in [1.54, 1.807) is 14.1 Å². The Kier molecular flexibility index (Phi) is 4.48. The number of piperidine rings is 1. The first-order valence-corrected chi connectivity index (χ1v) is 9.85. The highest BCUT2D eigenvalue weighted by atomic mass is 32.2. The standard InChI is InChI=1S/C16H25N3O4S/c1-12-4-5-13(23-12)10-19-8-6-14-16(11-19,15(20)17-2)7-9-24(21,22)18(14)3/h4-5,14H,6-11H2,1-3H3,(H,17,20)/t14-,16+/m1/s1. The number of likely N-dealkylation sites (tertiary alicyclic amines) is 1. The zero-order chi connectivity index (χ0) is 17.5. The lowest BCUT2D eigenvalue weighted by molar-refractivity contribution is -0.139. The zero-order valence-electron chi connectivity index (χ0n) is 14.4. The number of aryl methyl sites for hydroxylation is 1. The number of amides is 1. The third kappa shape index (κ3) is 2.87. The number of hydrogen-bond acceptors (Lipinski definition) is 5. The number of carbonyl (C=O) groups is 1. The van der Waals surface area contributed by atoms with Crippen molar-refractivity contribution in [3.8, 4) is 0 Å². The van der Waals surface area contributed by atoms with E-state index in [2.05, 4.69) is 10.2 Å². The van der Waals surface area contributed by atoms with Crippen LogP contribution in [-0.2, 0) is 21.4 Å². The highest BCUT2D eigenvalue weighted by Gasteiger charge is 2.55. The largest absolute Gasteiger partial charge is 0.465 e. The van der Waals surface area contributed by atoms with E-state index < -0.39 is 15.4 Å². The molecule has 7 nitrogen and oxygen atoms in total. The Hall–Kier alpha value is -1.38. The van der Waals surface area contributed by atoms with Gasteiger partial charge in [0.05, 0.1) is 17.7 Å². The molecule has 0 aliphatic carbocycles. The van der Waals surface area contributed by atoms with Gasteiger partial charge in [-0.25, -0.2) is 12.7 Å². The Bertz CT molecular complexity index is 729. The second-order valence-corrected chi connectivity index (χ2v) is 8.99. The van der Waals surface area contributed by atoms with Crippen molar-refractivity contribution in [3.63, 3.8) is 0 Å². The molecule has 0 spiro atoms. The van der Waals surface area contributed by atoms with Crippen LogP contribution in [0.4, 0.5) is 0 Å². The molecule has 2 atom stereocenters. The van der Waals surface area contributed by atoms with Gasteiger partial charge in [-0.3, -0.25) is 9.69 Å². The Morgan fingerprint density at radius 3 is 2.83 bits per heavy atom. The van der Waals surface area contributed by atoms with Crippen LogP contribution in [0.15, 0.2) is 16.5 Å². The van der Waals surface area contributed by atoms with Crippen molar-refractivity contribution in [2.75, 3.05) is 32.9 Å². The van der Waals surface area contributed by atoms with E-state index in [4.69, 9.17) is 4.42 Å². The number of sulfonamides is 1. The quantitative estimate of drug-likeness (QED) is 0.857. The highest BCUT2D eigenvalue weighted by Crippen LogP contribution is 2.42. The summed E-state index contributed by atoms with van der Waals surface area (Å²) in [5.41, 5.74) is -0.700. The SMILES string of the molecule is CNC(=O)[C@]12CCS(=O)(=O)N(C)[C@@H]1CCN(Cc1ccc(C)o1)C2. The first-order valence-electron chi connectivity index (χ1n) is 8.24. The molecule has 0 saturated carbocycles. The fourth-order valence-corrected chi connectivity index (χ4v) is 5.71. The average Bonchev–Trinajstić information content (AvgIpc) is 2.95. The number of rotatable bonds is 3. The number of carbonyl (C=O) groups excluding carboxylic acids is 1.